The third-order valence-corrected chi connectivity index (χ3v) is 4.54. The first-order valence-electron chi connectivity index (χ1n) is 6.70. The quantitative estimate of drug-likeness (QED) is 0.810. The lowest BCUT2D eigenvalue weighted by atomic mass is 10.1. The van der Waals surface area contributed by atoms with Crippen molar-refractivity contribution in [3.63, 3.8) is 0 Å². The van der Waals surface area contributed by atoms with E-state index in [9.17, 15) is 8.42 Å². The number of sulfonamides is 1. The zero-order valence-corrected chi connectivity index (χ0v) is 13.9. The van der Waals surface area contributed by atoms with Gasteiger partial charge in [0.1, 0.15) is 0 Å². The summed E-state index contributed by atoms with van der Waals surface area (Å²) in [5, 5.41) is 0. The van der Waals surface area contributed by atoms with Crippen LogP contribution in [0.1, 0.15) is 32.8 Å². The fraction of sp³-hybridized carbons (Fsp3) is 0.571. The van der Waals surface area contributed by atoms with Gasteiger partial charge < -0.3 is 5.73 Å². The lowest BCUT2D eigenvalue weighted by molar-refractivity contribution is 0.465. The maximum absolute atomic E-state index is 12.2. The van der Waals surface area contributed by atoms with Crippen LogP contribution in [0.4, 0.5) is 0 Å². The highest BCUT2D eigenvalue weighted by atomic mass is 35.5. The molecule has 0 saturated carbocycles. The summed E-state index contributed by atoms with van der Waals surface area (Å²) >= 11 is 0. The first kappa shape index (κ1) is 19.4. The molecule has 0 fully saturated rings. The maximum Gasteiger partial charge on any atom is 0.240 e. The molecule has 1 aromatic carbocycles. The number of hydrogen-bond acceptors (Lipinski definition) is 3. The molecule has 0 aliphatic rings. The molecule has 4 nitrogen and oxygen atoms in total. The van der Waals surface area contributed by atoms with Crippen molar-refractivity contribution in [1.29, 1.82) is 0 Å². The van der Waals surface area contributed by atoms with Crippen molar-refractivity contribution >= 4 is 22.4 Å². The van der Waals surface area contributed by atoms with Crippen LogP contribution in [0.2, 0.25) is 0 Å². The smallest absolute Gasteiger partial charge is 0.240 e. The molecule has 0 spiro atoms. The Morgan fingerprint density at radius 1 is 1.20 bits per heavy atom. The van der Waals surface area contributed by atoms with Gasteiger partial charge >= 0.3 is 0 Å². The standard InChI is InChI=1S/C14H24N2O2S.ClH/c1-4-12-5-7-14(8-6-12)19(17,18)16-13(10-15)9-11(2)3;/h5-8,11,13,16H,4,9-10,15H2,1-3H3;1H. The summed E-state index contributed by atoms with van der Waals surface area (Å²) in [7, 11) is -3.47. The molecule has 116 valence electrons. The van der Waals surface area contributed by atoms with E-state index in [2.05, 4.69) is 4.72 Å². The molecule has 0 aromatic heterocycles. The molecule has 0 saturated heterocycles. The Kier molecular flexibility index (Phi) is 8.35. The van der Waals surface area contributed by atoms with Crippen LogP contribution in [0, 0.1) is 5.92 Å². The van der Waals surface area contributed by atoms with E-state index in [1.165, 1.54) is 0 Å². The summed E-state index contributed by atoms with van der Waals surface area (Å²) < 4.78 is 27.1. The molecule has 0 aliphatic heterocycles. The zero-order valence-electron chi connectivity index (χ0n) is 12.3. The first-order valence-corrected chi connectivity index (χ1v) is 8.18. The van der Waals surface area contributed by atoms with Crippen molar-refractivity contribution in [2.75, 3.05) is 6.54 Å². The van der Waals surface area contributed by atoms with Crippen LogP contribution in [0.25, 0.3) is 0 Å². The van der Waals surface area contributed by atoms with Crippen LogP contribution in [0.5, 0.6) is 0 Å². The first-order chi connectivity index (χ1) is 8.89. The van der Waals surface area contributed by atoms with Crippen molar-refractivity contribution in [3.05, 3.63) is 29.8 Å². The normalized spacial score (nSPS) is 13.1. The number of halogens is 1. The van der Waals surface area contributed by atoms with Gasteiger partial charge in [0.05, 0.1) is 4.90 Å². The number of rotatable bonds is 7. The van der Waals surface area contributed by atoms with Gasteiger partial charge in [-0.15, -0.1) is 12.4 Å². The lowest BCUT2D eigenvalue weighted by Gasteiger charge is -2.18. The fourth-order valence-corrected chi connectivity index (χ4v) is 3.22. The molecule has 0 heterocycles. The van der Waals surface area contributed by atoms with Crippen LogP contribution < -0.4 is 10.5 Å². The van der Waals surface area contributed by atoms with Crippen LogP contribution in [0.3, 0.4) is 0 Å². The summed E-state index contributed by atoms with van der Waals surface area (Å²) in [6, 6.07) is 6.76. The zero-order chi connectivity index (χ0) is 14.5. The van der Waals surface area contributed by atoms with Crippen LogP contribution in [0.15, 0.2) is 29.2 Å². The monoisotopic (exact) mass is 320 g/mol. The largest absolute Gasteiger partial charge is 0.329 e. The van der Waals surface area contributed by atoms with E-state index in [0.717, 1.165) is 18.4 Å². The number of nitrogens with one attached hydrogen (secondary N) is 1. The van der Waals surface area contributed by atoms with Crippen molar-refractivity contribution in [1.82, 2.24) is 4.72 Å². The van der Waals surface area contributed by atoms with Crippen molar-refractivity contribution in [3.8, 4) is 0 Å². The Labute approximate surface area is 128 Å². The Hall–Kier alpha value is -0.620. The van der Waals surface area contributed by atoms with Gasteiger partial charge in [-0.1, -0.05) is 32.9 Å². The summed E-state index contributed by atoms with van der Waals surface area (Å²) in [6.07, 6.45) is 1.63. The van der Waals surface area contributed by atoms with Gasteiger partial charge in [-0.05, 0) is 36.5 Å². The number of benzene rings is 1. The summed E-state index contributed by atoms with van der Waals surface area (Å²) in [4.78, 5) is 0.298. The molecule has 1 rings (SSSR count). The van der Waals surface area contributed by atoms with Gasteiger partial charge in [-0.25, -0.2) is 13.1 Å². The number of nitrogens with two attached hydrogens (primary N) is 1. The molecule has 0 bridgehead atoms. The van der Waals surface area contributed by atoms with Crippen molar-refractivity contribution < 1.29 is 8.42 Å². The minimum atomic E-state index is -3.47. The summed E-state index contributed by atoms with van der Waals surface area (Å²) in [6.45, 7) is 6.44. The Morgan fingerprint density at radius 2 is 1.75 bits per heavy atom. The second-order valence-corrected chi connectivity index (χ2v) is 6.89. The molecule has 3 N–H and O–H groups in total. The van der Waals surface area contributed by atoms with Crippen LogP contribution in [-0.2, 0) is 16.4 Å². The molecule has 20 heavy (non-hydrogen) atoms. The van der Waals surface area contributed by atoms with Gasteiger partial charge in [0, 0.05) is 12.6 Å². The van der Waals surface area contributed by atoms with E-state index in [1.807, 2.05) is 32.9 Å². The number of hydrogen-bond donors (Lipinski definition) is 2. The molecular formula is C14H25ClN2O2S. The Balaban J connectivity index is 0.00000361. The predicted molar refractivity (Wildman–Crippen MR) is 85.7 cm³/mol. The fourth-order valence-electron chi connectivity index (χ4n) is 1.95. The summed E-state index contributed by atoms with van der Waals surface area (Å²) in [5.74, 6) is 0.402. The highest BCUT2D eigenvalue weighted by molar-refractivity contribution is 7.89. The second-order valence-electron chi connectivity index (χ2n) is 5.18. The van der Waals surface area contributed by atoms with E-state index >= 15 is 0 Å². The predicted octanol–water partition coefficient (Wildman–Crippen LogP) is 2.32. The van der Waals surface area contributed by atoms with Crippen molar-refractivity contribution in [2.24, 2.45) is 11.7 Å². The topological polar surface area (TPSA) is 72.2 Å². The van der Waals surface area contributed by atoms with Gasteiger partial charge in [0.15, 0.2) is 0 Å². The molecule has 1 unspecified atom stereocenters. The van der Waals surface area contributed by atoms with Crippen molar-refractivity contribution in [2.45, 2.75) is 44.6 Å². The molecule has 1 atom stereocenters. The summed E-state index contributed by atoms with van der Waals surface area (Å²) in [5.41, 5.74) is 6.75. The second kappa shape index (κ2) is 8.62. The van der Waals surface area contributed by atoms with Crippen LogP contribution in [-0.4, -0.2) is 21.0 Å². The highest BCUT2D eigenvalue weighted by Gasteiger charge is 2.19. The third-order valence-electron chi connectivity index (χ3n) is 3.00. The molecule has 6 heteroatoms. The van der Waals surface area contributed by atoms with E-state index in [0.29, 0.717) is 17.4 Å². The van der Waals surface area contributed by atoms with E-state index in [4.69, 9.17) is 5.73 Å². The third kappa shape index (κ3) is 5.79. The average Bonchev–Trinajstić information content (AvgIpc) is 2.37. The minimum Gasteiger partial charge on any atom is -0.329 e. The minimum absolute atomic E-state index is 0. The highest BCUT2D eigenvalue weighted by Crippen LogP contribution is 2.13. The molecule has 0 aliphatic carbocycles. The molecular weight excluding hydrogens is 296 g/mol. The van der Waals surface area contributed by atoms with Gasteiger partial charge in [0.2, 0.25) is 10.0 Å². The van der Waals surface area contributed by atoms with Gasteiger partial charge in [0.25, 0.3) is 0 Å². The van der Waals surface area contributed by atoms with Gasteiger partial charge in [-0.3, -0.25) is 0 Å². The average molecular weight is 321 g/mol. The molecule has 0 amide bonds. The molecule has 1 aromatic rings. The Bertz CT molecular complexity index is 486. The van der Waals surface area contributed by atoms with E-state index < -0.39 is 10.0 Å². The maximum atomic E-state index is 12.2. The lowest BCUT2D eigenvalue weighted by Crippen LogP contribution is -2.40. The Morgan fingerprint density at radius 3 is 2.15 bits per heavy atom. The molecule has 0 radical (unpaired) electrons. The van der Waals surface area contributed by atoms with Crippen LogP contribution >= 0.6 is 12.4 Å². The van der Waals surface area contributed by atoms with E-state index in [1.54, 1.807) is 12.1 Å². The number of aryl methyl sites for hydroxylation is 1. The van der Waals surface area contributed by atoms with E-state index in [-0.39, 0.29) is 18.4 Å². The van der Waals surface area contributed by atoms with Gasteiger partial charge in [-0.2, -0.15) is 0 Å². The SMILES string of the molecule is CCc1ccc(S(=O)(=O)NC(CN)CC(C)C)cc1.Cl.